The maximum atomic E-state index is 13.7. The van der Waals surface area contributed by atoms with Crippen molar-refractivity contribution in [1.29, 1.82) is 0 Å². The van der Waals surface area contributed by atoms with Crippen molar-refractivity contribution in [2.24, 2.45) is 0 Å². The summed E-state index contributed by atoms with van der Waals surface area (Å²) in [7, 11) is 0. The zero-order valence-corrected chi connectivity index (χ0v) is 15.6. The van der Waals surface area contributed by atoms with Gasteiger partial charge in [0.25, 0.3) is 0 Å². The summed E-state index contributed by atoms with van der Waals surface area (Å²) in [6.07, 6.45) is 8.49. The minimum Gasteiger partial charge on any atom is -0.490 e. The van der Waals surface area contributed by atoms with Gasteiger partial charge < -0.3 is 9.64 Å². The number of ether oxygens (including phenoxy) is 1. The van der Waals surface area contributed by atoms with Gasteiger partial charge in [-0.25, -0.2) is 4.39 Å². The number of pyridine rings is 1. The Labute approximate surface area is 159 Å². The number of aryl methyl sites for hydroxylation is 2. The van der Waals surface area contributed by atoms with Gasteiger partial charge in [0.1, 0.15) is 17.7 Å². The largest absolute Gasteiger partial charge is 0.490 e. The molecule has 0 saturated carbocycles. The molecule has 142 valence electrons. The summed E-state index contributed by atoms with van der Waals surface area (Å²) in [5, 5.41) is 0. The number of aromatic nitrogens is 1. The van der Waals surface area contributed by atoms with Gasteiger partial charge in [-0.1, -0.05) is 12.1 Å². The fourth-order valence-corrected chi connectivity index (χ4v) is 4.41. The first-order valence-corrected chi connectivity index (χ1v) is 9.73. The molecule has 0 radical (unpaired) electrons. The summed E-state index contributed by atoms with van der Waals surface area (Å²) in [4.78, 5) is 18.9. The second-order valence-corrected chi connectivity index (χ2v) is 7.66. The highest BCUT2D eigenvalue weighted by atomic mass is 19.1. The molecule has 2 aliphatic rings. The number of hydrogen-bond acceptors (Lipinski definition) is 3. The third kappa shape index (κ3) is 3.97. The molecule has 1 aromatic carbocycles. The lowest BCUT2D eigenvalue weighted by Crippen LogP contribution is -2.49. The lowest BCUT2D eigenvalue weighted by atomic mass is 9.98. The van der Waals surface area contributed by atoms with Crippen molar-refractivity contribution in [3.63, 3.8) is 0 Å². The molecule has 2 bridgehead atoms. The number of rotatable bonds is 5. The van der Waals surface area contributed by atoms with Crippen LogP contribution in [0.5, 0.6) is 5.75 Å². The minimum atomic E-state index is -0.200. The first kappa shape index (κ1) is 18.0. The summed E-state index contributed by atoms with van der Waals surface area (Å²) in [6, 6.07) is 9.51. The lowest BCUT2D eigenvalue weighted by molar-refractivity contribution is -0.137. The molecule has 3 heterocycles. The summed E-state index contributed by atoms with van der Waals surface area (Å²) < 4.78 is 19.8. The first-order valence-electron chi connectivity index (χ1n) is 9.73. The zero-order chi connectivity index (χ0) is 18.8. The molecule has 2 saturated heterocycles. The minimum absolute atomic E-state index is 0.153. The molecule has 2 aliphatic heterocycles. The van der Waals surface area contributed by atoms with Gasteiger partial charge in [0.2, 0.25) is 5.91 Å². The van der Waals surface area contributed by atoms with Crippen LogP contribution >= 0.6 is 0 Å². The smallest absolute Gasteiger partial charge is 0.223 e. The molecule has 2 aromatic rings. The van der Waals surface area contributed by atoms with Crippen LogP contribution < -0.4 is 4.74 Å². The molecule has 5 heteroatoms. The van der Waals surface area contributed by atoms with E-state index in [1.165, 1.54) is 0 Å². The van der Waals surface area contributed by atoms with Crippen LogP contribution in [0.2, 0.25) is 0 Å². The van der Waals surface area contributed by atoms with Crippen LogP contribution in [0.3, 0.4) is 0 Å². The van der Waals surface area contributed by atoms with E-state index in [0.29, 0.717) is 18.4 Å². The number of carbonyl (C=O) groups is 1. The second-order valence-electron chi connectivity index (χ2n) is 7.66. The van der Waals surface area contributed by atoms with Gasteiger partial charge in [-0.15, -0.1) is 0 Å². The molecule has 4 nitrogen and oxygen atoms in total. The number of fused-ring (bicyclic) bond motifs is 2. The highest BCUT2D eigenvalue weighted by Crippen LogP contribution is 2.37. The van der Waals surface area contributed by atoms with E-state index in [2.05, 4.69) is 9.88 Å². The Kier molecular flexibility index (Phi) is 5.10. The Morgan fingerprint density at radius 3 is 2.56 bits per heavy atom. The molecule has 0 aliphatic carbocycles. The lowest BCUT2D eigenvalue weighted by Gasteiger charge is -2.39. The van der Waals surface area contributed by atoms with Crippen molar-refractivity contribution in [2.45, 2.75) is 63.6 Å². The Balaban J connectivity index is 1.34. The zero-order valence-electron chi connectivity index (χ0n) is 15.6. The fraction of sp³-hybridized carbons (Fsp3) is 0.455. The van der Waals surface area contributed by atoms with E-state index >= 15 is 0 Å². The molecule has 4 rings (SSSR count). The van der Waals surface area contributed by atoms with Gasteiger partial charge in [0, 0.05) is 43.7 Å². The van der Waals surface area contributed by atoms with Crippen LogP contribution in [0.25, 0.3) is 0 Å². The quantitative estimate of drug-likeness (QED) is 0.799. The van der Waals surface area contributed by atoms with Gasteiger partial charge in [-0.05, 0) is 55.5 Å². The summed E-state index contributed by atoms with van der Waals surface area (Å²) in [5.74, 6) is 0.829. The molecule has 27 heavy (non-hydrogen) atoms. The SMILES string of the molecule is Cc1ccc(CCC(=O)N2C3CCC2CC(Oc2ccncc2)C3)cc1F. The second kappa shape index (κ2) is 7.67. The predicted octanol–water partition coefficient (Wildman–Crippen LogP) is 4.06. The van der Waals surface area contributed by atoms with Gasteiger partial charge in [0.05, 0.1) is 0 Å². The van der Waals surface area contributed by atoms with Crippen molar-refractivity contribution in [2.75, 3.05) is 0 Å². The number of benzene rings is 1. The number of carbonyl (C=O) groups excluding carboxylic acids is 1. The Morgan fingerprint density at radius 2 is 1.89 bits per heavy atom. The van der Waals surface area contributed by atoms with Gasteiger partial charge in [0.15, 0.2) is 0 Å². The molecule has 0 spiro atoms. The Hall–Kier alpha value is -2.43. The van der Waals surface area contributed by atoms with Crippen LogP contribution in [-0.4, -0.2) is 34.0 Å². The summed E-state index contributed by atoms with van der Waals surface area (Å²) >= 11 is 0. The van der Waals surface area contributed by atoms with E-state index in [0.717, 1.165) is 37.0 Å². The molecule has 2 fully saturated rings. The van der Waals surface area contributed by atoms with E-state index in [4.69, 9.17) is 4.74 Å². The number of halogens is 1. The number of piperidine rings is 1. The summed E-state index contributed by atoms with van der Waals surface area (Å²) in [6.45, 7) is 1.75. The van der Waals surface area contributed by atoms with Crippen LogP contribution in [-0.2, 0) is 11.2 Å². The third-order valence-electron chi connectivity index (χ3n) is 5.79. The van der Waals surface area contributed by atoms with Crippen LogP contribution in [0.4, 0.5) is 4.39 Å². The first-order chi connectivity index (χ1) is 13.1. The molecule has 2 atom stereocenters. The van der Waals surface area contributed by atoms with Crippen molar-refractivity contribution < 1.29 is 13.9 Å². The van der Waals surface area contributed by atoms with Gasteiger partial charge in [-0.2, -0.15) is 0 Å². The van der Waals surface area contributed by atoms with Crippen molar-refractivity contribution in [3.05, 3.63) is 59.7 Å². The normalized spacial score (nSPS) is 24.1. The summed E-state index contributed by atoms with van der Waals surface area (Å²) in [5.41, 5.74) is 1.52. The van der Waals surface area contributed by atoms with Crippen molar-refractivity contribution in [3.8, 4) is 5.75 Å². The topological polar surface area (TPSA) is 42.4 Å². The van der Waals surface area contributed by atoms with Gasteiger partial charge >= 0.3 is 0 Å². The van der Waals surface area contributed by atoms with Crippen LogP contribution in [0, 0.1) is 12.7 Å². The monoisotopic (exact) mass is 368 g/mol. The van der Waals surface area contributed by atoms with E-state index in [-0.39, 0.29) is 29.9 Å². The Bertz CT molecular complexity index is 797. The van der Waals surface area contributed by atoms with E-state index in [1.54, 1.807) is 31.5 Å². The standard InChI is InChI=1S/C22H25FN2O2/c1-15-2-3-16(12-21(15)23)4-7-22(26)25-17-5-6-18(25)14-20(13-17)27-19-8-10-24-11-9-19/h2-3,8-12,17-18,20H,4-7,13-14H2,1H3. The fourth-order valence-electron chi connectivity index (χ4n) is 4.41. The molecular formula is C22H25FN2O2. The average Bonchev–Trinajstić information content (AvgIpc) is 2.94. The van der Waals surface area contributed by atoms with E-state index in [1.807, 2.05) is 18.2 Å². The highest BCUT2D eigenvalue weighted by Gasteiger charge is 2.43. The maximum Gasteiger partial charge on any atom is 0.223 e. The van der Waals surface area contributed by atoms with Crippen LogP contribution in [0.15, 0.2) is 42.7 Å². The van der Waals surface area contributed by atoms with E-state index in [9.17, 15) is 9.18 Å². The molecule has 2 unspecified atom stereocenters. The van der Waals surface area contributed by atoms with E-state index < -0.39 is 0 Å². The predicted molar refractivity (Wildman–Crippen MR) is 101 cm³/mol. The molecule has 0 N–H and O–H groups in total. The number of amides is 1. The van der Waals surface area contributed by atoms with Crippen LogP contribution in [0.1, 0.15) is 43.2 Å². The Morgan fingerprint density at radius 1 is 1.19 bits per heavy atom. The number of hydrogen-bond donors (Lipinski definition) is 0. The van der Waals surface area contributed by atoms with Crippen molar-refractivity contribution >= 4 is 5.91 Å². The van der Waals surface area contributed by atoms with Gasteiger partial charge in [-0.3, -0.25) is 9.78 Å². The van der Waals surface area contributed by atoms with Crippen molar-refractivity contribution in [1.82, 2.24) is 9.88 Å². The molecular weight excluding hydrogens is 343 g/mol. The highest BCUT2D eigenvalue weighted by molar-refractivity contribution is 5.77. The molecule has 1 amide bonds. The third-order valence-corrected chi connectivity index (χ3v) is 5.79. The number of nitrogens with zero attached hydrogens (tertiary/aromatic N) is 2. The molecule has 1 aromatic heterocycles. The average molecular weight is 368 g/mol. The maximum absolute atomic E-state index is 13.7.